The van der Waals surface area contributed by atoms with E-state index in [2.05, 4.69) is 55.8 Å². The fraction of sp³-hybridized carbons (Fsp3) is 0.929. The van der Waals surface area contributed by atoms with Gasteiger partial charge in [-0.05, 0) is 48.0 Å². The molecule has 1 saturated heterocycles. The van der Waals surface area contributed by atoms with Crippen molar-refractivity contribution in [3.8, 4) is 6.07 Å². The van der Waals surface area contributed by atoms with Gasteiger partial charge >= 0.3 is 0 Å². The third-order valence-electron chi connectivity index (χ3n) is 4.13. The maximum Gasteiger partial charge on any atom is 0.0638 e. The minimum absolute atomic E-state index is 0.231. The first-order valence-corrected chi connectivity index (χ1v) is 6.84. The van der Waals surface area contributed by atoms with E-state index in [0.717, 1.165) is 26.2 Å². The highest BCUT2D eigenvalue weighted by molar-refractivity contribution is 4.93. The quantitative estimate of drug-likeness (QED) is 0.754. The molecule has 0 bridgehead atoms. The summed E-state index contributed by atoms with van der Waals surface area (Å²) in [6.07, 6.45) is 1.80. The van der Waals surface area contributed by atoms with Gasteiger partial charge in [-0.15, -0.1) is 0 Å². The molecule has 0 aliphatic carbocycles. The van der Waals surface area contributed by atoms with Gasteiger partial charge in [-0.1, -0.05) is 0 Å². The zero-order valence-electron chi connectivity index (χ0n) is 12.6. The number of rotatable bonds is 4. The lowest BCUT2D eigenvalue weighted by molar-refractivity contribution is 0.106. The molecule has 1 unspecified atom stereocenters. The summed E-state index contributed by atoms with van der Waals surface area (Å²) in [5, 5.41) is 8.96. The Bertz CT molecular complexity index is 293. The molecule has 0 saturated carbocycles. The Morgan fingerprint density at radius 3 is 2.61 bits per heavy atom. The third-order valence-corrected chi connectivity index (χ3v) is 4.13. The van der Waals surface area contributed by atoms with Gasteiger partial charge in [0.05, 0.1) is 12.5 Å². The Hall–Kier alpha value is -0.630. The van der Waals surface area contributed by atoms with Crippen LogP contribution in [-0.4, -0.2) is 73.6 Å². The van der Waals surface area contributed by atoms with Gasteiger partial charge in [-0.3, -0.25) is 4.90 Å². The zero-order valence-corrected chi connectivity index (χ0v) is 12.6. The number of nitriles is 1. The molecule has 104 valence electrons. The van der Waals surface area contributed by atoms with E-state index in [1.165, 1.54) is 6.42 Å². The second-order valence-corrected chi connectivity index (χ2v) is 6.31. The summed E-state index contributed by atoms with van der Waals surface area (Å²) in [6, 6.07) is 2.70. The zero-order chi connectivity index (χ0) is 13.8. The molecular weight excluding hydrogens is 224 g/mol. The second-order valence-electron chi connectivity index (χ2n) is 6.31. The maximum absolute atomic E-state index is 8.96. The summed E-state index contributed by atoms with van der Waals surface area (Å²) in [4.78, 5) is 7.13. The van der Waals surface area contributed by atoms with Crippen LogP contribution in [0.4, 0.5) is 0 Å². The molecule has 0 aromatic carbocycles. The van der Waals surface area contributed by atoms with Gasteiger partial charge in [0.1, 0.15) is 0 Å². The molecule has 0 aromatic heterocycles. The monoisotopic (exact) mass is 252 g/mol. The molecule has 18 heavy (non-hydrogen) atoms. The SMILES string of the molecule is CN(C)CCN1CC(CC#N)N(C)CCC1(C)C. The summed E-state index contributed by atoms with van der Waals surface area (Å²) in [5.74, 6) is 0. The normalized spacial score (nSPS) is 25.9. The van der Waals surface area contributed by atoms with Crippen LogP contribution in [0.2, 0.25) is 0 Å². The van der Waals surface area contributed by atoms with Crippen LogP contribution in [0.15, 0.2) is 0 Å². The van der Waals surface area contributed by atoms with Crippen LogP contribution >= 0.6 is 0 Å². The molecule has 0 aromatic rings. The van der Waals surface area contributed by atoms with Crippen molar-refractivity contribution in [1.82, 2.24) is 14.7 Å². The van der Waals surface area contributed by atoms with Gasteiger partial charge in [0.25, 0.3) is 0 Å². The van der Waals surface area contributed by atoms with E-state index in [0.29, 0.717) is 12.5 Å². The van der Waals surface area contributed by atoms with Crippen molar-refractivity contribution in [2.75, 3.05) is 47.3 Å². The largest absolute Gasteiger partial charge is 0.308 e. The molecule has 1 atom stereocenters. The summed E-state index contributed by atoms with van der Waals surface area (Å²) in [5.41, 5.74) is 0.231. The van der Waals surface area contributed by atoms with Crippen molar-refractivity contribution in [2.24, 2.45) is 0 Å². The fourth-order valence-electron chi connectivity index (χ4n) is 2.47. The highest BCUT2D eigenvalue weighted by Gasteiger charge is 2.33. The van der Waals surface area contributed by atoms with Gasteiger partial charge in [-0.25, -0.2) is 0 Å². The predicted octanol–water partition coefficient (Wildman–Crippen LogP) is 1.25. The van der Waals surface area contributed by atoms with Crippen molar-refractivity contribution < 1.29 is 0 Å². The summed E-state index contributed by atoms with van der Waals surface area (Å²) >= 11 is 0. The first kappa shape index (κ1) is 15.4. The van der Waals surface area contributed by atoms with Crippen LogP contribution in [0.5, 0.6) is 0 Å². The van der Waals surface area contributed by atoms with Crippen LogP contribution in [0, 0.1) is 11.3 Å². The standard InChI is InChI=1S/C14H28N4/c1-14(2)7-9-17(5)13(6-8-15)12-18(14)11-10-16(3)4/h13H,6-7,9-12H2,1-5H3. The number of likely N-dealkylation sites (N-methyl/N-ethyl adjacent to an activating group) is 2. The number of nitrogens with zero attached hydrogens (tertiary/aromatic N) is 4. The Kier molecular flexibility index (Phi) is 5.58. The van der Waals surface area contributed by atoms with Gasteiger partial charge in [0, 0.05) is 31.2 Å². The topological polar surface area (TPSA) is 33.5 Å². The van der Waals surface area contributed by atoms with Crippen LogP contribution in [0.25, 0.3) is 0 Å². The van der Waals surface area contributed by atoms with Crippen LogP contribution < -0.4 is 0 Å². The lowest BCUT2D eigenvalue weighted by Crippen LogP contribution is -2.49. The van der Waals surface area contributed by atoms with E-state index in [4.69, 9.17) is 5.26 Å². The second kappa shape index (κ2) is 6.51. The summed E-state index contributed by atoms with van der Waals surface area (Å²) < 4.78 is 0. The van der Waals surface area contributed by atoms with Gasteiger partial charge in [0.15, 0.2) is 0 Å². The van der Waals surface area contributed by atoms with Crippen LogP contribution in [-0.2, 0) is 0 Å². The molecule has 4 nitrogen and oxygen atoms in total. The average molecular weight is 252 g/mol. The van der Waals surface area contributed by atoms with E-state index >= 15 is 0 Å². The molecule has 1 rings (SSSR count). The Balaban J connectivity index is 2.72. The number of hydrogen-bond acceptors (Lipinski definition) is 4. The lowest BCUT2D eigenvalue weighted by atomic mass is 9.98. The Morgan fingerprint density at radius 2 is 2.06 bits per heavy atom. The Morgan fingerprint density at radius 1 is 1.39 bits per heavy atom. The van der Waals surface area contributed by atoms with Gasteiger partial charge in [0.2, 0.25) is 0 Å². The van der Waals surface area contributed by atoms with Crippen LogP contribution in [0.3, 0.4) is 0 Å². The fourth-order valence-corrected chi connectivity index (χ4v) is 2.47. The molecule has 1 aliphatic heterocycles. The molecule has 1 aliphatic rings. The van der Waals surface area contributed by atoms with Gasteiger partial charge < -0.3 is 9.80 Å². The summed E-state index contributed by atoms with van der Waals surface area (Å²) in [6.45, 7) is 8.89. The highest BCUT2D eigenvalue weighted by atomic mass is 15.3. The lowest BCUT2D eigenvalue weighted by Gasteiger charge is -2.38. The van der Waals surface area contributed by atoms with Crippen molar-refractivity contribution in [1.29, 1.82) is 5.26 Å². The average Bonchev–Trinajstić information content (AvgIpc) is 2.38. The minimum atomic E-state index is 0.231. The molecule has 0 radical (unpaired) electrons. The van der Waals surface area contributed by atoms with E-state index in [9.17, 15) is 0 Å². The first-order valence-electron chi connectivity index (χ1n) is 6.84. The smallest absolute Gasteiger partial charge is 0.0638 e. The van der Waals surface area contributed by atoms with Crippen molar-refractivity contribution in [3.05, 3.63) is 0 Å². The molecule has 0 N–H and O–H groups in total. The van der Waals surface area contributed by atoms with Crippen molar-refractivity contribution >= 4 is 0 Å². The highest BCUT2D eigenvalue weighted by Crippen LogP contribution is 2.24. The molecule has 1 fully saturated rings. The van der Waals surface area contributed by atoms with E-state index in [1.54, 1.807) is 0 Å². The number of hydrogen-bond donors (Lipinski definition) is 0. The molecule has 4 heteroatoms. The van der Waals surface area contributed by atoms with E-state index < -0.39 is 0 Å². The summed E-state index contributed by atoms with van der Waals surface area (Å²) in [7, 11) is 6.38. The molecular formula is C14H28N4. The third kappa shape index (κ3) is 4.24. The Labute approximate surface area is 112 Å². The maximum atomic E-state index is 8.96. The van der Waals surface area contributed by atoms with E-state index in [-0.39, 0.29) is 5.54 Å². The predicted molar refractivity (Wildman–Crippen MR) is 75.5 cm³/mol. The van der Waals surface area contributed by atoms with Crippen molar-refractivity contribution in [2.45, 2.75) is 38.3 Å². The van der Waals surface area contributed by atoms with Crippen LogP contribution in [0.1, 0.15) is 26.7 Å². The molecule has 0 spiro atoms. The minimum Gasteiger partial charge on any atom is -0.308 e. The van der Waals surface area contributed by atoms with Crippen molar-refractivity contribution in [3.63, 3.8) is 0 Å². The van der Waals surface area contributed by atoms with Gasteiger partial charge in [-0.2, -0.15) is 5.26 Å². The first-order chi connectivity index (χ1) is 8.36. The molecule has 1 heterocycles. The molecule has 0 amide bonds. The van der Waals surface area contributed by atoms with E-state index in [1.807, 2.05) is 0 Å².